The zero-order valence-electron chi connectivity index (χ0n) is 14.8. The summed E-state index contributed by atoms with van der Waals surface area (Å²) in [5.41, 5.74) is 1.47. The lowest BCUT2D eigenvalue weighted by Gasteiger charge is -2.37. The topological polar surface area (TPSA) is 63.5 Å². The Hall–Kier alpha value is -2.81. The maximum Gasteiger partial charge on any atom is 0.320 e. The van der Waals surface area contributed by atoms with Gasteiger partial charge in [0.25, 0.3) is 0 Å². The third-order valence-corrected chi connectivity index (χ3v) is 4.71. The lowest BCUT2D eigenvalue weighted by molar-refractivity contribution is 0.154. The van der Waals surface area contributed by atoms with Crippen molar-refractivity contribution in [3.05, 3.63) is 35.9 Å². The largest absolute Gasteiger partial charge is 0.352 e. The van der Waals surface area contributed by atoms with Gasteiger partial charge in [-0.3, -0.25) is 0 Å². The number of aromatic nitrogens is 1. The molecule has 1 aliphatic heterocycles. The first-order valence-corrected chi connectivity index (χ1v) is 8.76. The Balaban J connectivity index is 1.78. The molecule has 1 aromatic carbocycles. The molecule has 1 fully saturated rings. The van der Waals surface area contributed by atoms with Crippen molar-refractivity contribution in [2.75, 3.05) is 44.2 Å². The number of carbonyl (C=O) groups is 1. The number of para-hydroxylation sites is 1. The zero-order valence-corrected chi connectivity index (χ0v) is 14.8. The van der Waals surface area contributed by atoms with Crippen molar-refractivity contribution >= 4 is 22.8 Å². The van der Waals surface area contributed by atoms with Gasteiger partial charge in [0, 0.05) is 44.7 Å². The highest BCUT2D eigenvalue weighted by Crippen LogP contribution is 2.24. The SMILES string of the molecule is CCN(CC)C(=O)N1CCN(c2nc3ccccc3cc2C#N)CC1. The summed E-state index contributed by atoms with van der Waals surface area (Å²) < 4.78 is 0. The van der Waals surface area contributed by atoms with Gasteiger partial charge >= 0.3 is 6.03 Å². The molecule has 0 unspecified atom stereocenters. The summed E-state index contributed by atoms with van der Waals surface area (Å²) >= 11 is 0. The van der Waals surface area contributed by atoms with Gasteiger partial charge in [-0.15, -0.1) is 0 Å². The fourth-order valence-electron chi connectivity index (χ4n) is 3.23. The molecule has 0 atom stereocenters. The predicted molar refractivity (Wildman–Crippen MR) is 98.6 cm³/mol. The summed E-state index contributed by atoms with van der Waals surface area (Å²) in [4.78, 5) is 23.0. The maximum absolute atomic E-state index is 12.5. The molecule has 130 valence electrons. The van der Waals surface area contributed by atoms with Gasteiger partial charge in [-0.05, 0) is 26.0 Å². The average molecular weight is 337 g/mol. The summed E-state index contributed by atoms with van der Waals surface area (Å²) in [6, 6.07) is 12.1. The van der Waals surface area contributed by atoms with Crippen LogP contribution in [0.15, 0.2) is 30.3 Å². The average Bonchev–Trinajstić information content (AvgIpc) is 2.68. The van der Waals surface area contributed by atoms with Crippen molar-refractivity contribution in [2.45, 2.75) is 13.8 Å². The number of nitriles is 1. The molecule has 0 aliphatic carbocycles. The number of urea groups is 1. The molecular weight excluding hydrogens is 314 g/mol. The Labute approximate surface area is 148 Å². The van der Waals surface area contributed by atoms with E-state index < -0.39 is 0 Å². The molecule has 6 heteroatoms. The summed E-state index contributed by atoms with van der Waals surface area (Å²) in [7, 11) is 0. The minimum atomic E-state index is 0.0941. The molecule has 0 saturated carbocycles. The van der Waals surface area contributed by atoms with E-state index in [9.17, 15) is 10.1 Å². The van der Waals surface area contributed by atoms with Crippen LogP contribution in [0.4, 0.5) is 10.6 Å². The first-order valence-electron chi connectivity index (χ1n) is 8.76. The Kier molecular flexibility index (Phi) is 5.03. The van der Waals surface area contributed by atoms with Crippen LogP contribution in [-0.4, -0.2) is 60.1 Å². The van der Waals surface area contributed by atoms with Crippen LogP contribution in [0.1, 0.15) is 19.4 Å². The molecule has 2 heterocycles. The van der Waals surface area contributed by atoms with Crippen LogP contribution in [0.25, 0.3) is 10.9 Å². The number of rotatable bonds is 3. The summed E-state index contributed by atoms with van der Waals surface area (Å²) in [5, 5.41) is 10.5. The van der Waals surface area contributed by atoms with Gasteiger partial charge in [0.1, 0.15) is 11.9 Å². The van der Waals surface area contributed by atoms with Gasteiger partial charge in [-0.1, -0.05) is 18.2 Å². The Morgan fingerprint density at radius 3 is 2.52 bits per heavy atom. The number of hydrogen-bond donors (Lipinski definition) is 0. The van der Waals surface area contributed by atoms with Gasteiger partial charge in [-0.2, -0.15) is 5.26 Å². The molecule has 25 heavy (non-hydrogen) atoms. The molecule has 1 aliphatic rings. The van der Waals surface area contributed by atoms with Gasteiger partial charge in [0.15, 0.2) is 0 Å². The Morgan fingerprint density at radius 1 is 1.20 bits per heavy atom. The number of hydrogen-bond acceptors (Lipinski definition) is 4. The highest BCUT2D eigenvalue weighted by molar-refractivity contribution is 5.83. The van der Waals surface area contributed by atoms with E-state index in [1.165, 1.54) is 0 Å². The minimum absolute atomic E-state index is 0.0941. The normalized spacial score (nSPS) is 14.4. The van der Waals surface area contributed by atoms with Crippen molar-refractivity contribution in [3.8, 4) is 6.07 Å². The summed E-state index contributed by atoms with van der Waals surface area (Å²) in [5.74, 6) is 0.719. The molecule has 0 N–H and O–H groups in total. The van der Waals surface area contributed by atoms with Crippen molar-refractivity contribution < 1.29 is 4.79 Å². The number of pyridine rings is 1. The second-order valence-corrected chi connectivity index (χ2v) is 6.09. The number of carbonyl (C=O) groups excluding carboxylic acids is 1. The fourth-order valence-corrected chi connectivity index (χ4v) is 3.23. The van der Waals surface area contributed by atoms with E-state index >= 15 is 0 Å². The third kappa shape index (κ3) is 3.36. The second-order valence-electron chi connectivity index (χ2n) is 6.09. The van der Waals surface area contributed by atoms with Crippen LogP contribution in [0, 0.1) is 11.3 Å². The summed E-state index contributed by atoms with van der Waals surface area (Å²) in [6.45, 7) is 8.11. The number of nitrogens with zero attached hydrogens (tertiary/aromatic N) is 5. The van der Waals surface area contributed by atoms with Crippen LogP contribution >= 0.6 is 0 Å². The molecule has 0 spiro atoms. The predicted octanol–water partition coefficient (Wildman–Crippen LogP) is 2.69. The van der Waals surface area contributed by atoms with Crippen LogP contribution < -0.4 is 4.90 Å². The molecule has 1 aromatic heterocycles. The molecule has 6 nitrogen and oxygen atoms in total. The van der Waals surface area contributed by atoms with E-state index in [1.54, 1.807) is 0 Å². The smallest absolute Gasteiger partial charge is 0.320 e. The minimum Gasteiger partial charge on any atom is -0.352 e. The lowest BCUT2D eigenvalue weighted by atomic mass is 10.1. The lowest BCUT2D eigenvalue weighted by Crippen LogP contribution is -2.53. The molecule has 3 rings (SSSR count). The van der Waals surface area contributed by atoms with Gasteiger partial charge in [-0.25, -0.2) is 9.78 Å². The molecular formula is C19H23N5O. The van der Waals surface area contributed by atoms with Crippen LogP contribution in [0.5, 0.6) is 0 Å². The Bertz CT molecular complexity index is 801. The number of benzene rings is 1. The van der Waals surface area contributed by atoms with Crippen molar-refractivity contribution in [1.29, 1.82) is 5.26 Å². The molecule has 0 bridgehead atoms. The first-order chi connectivity index (χ1) is 12.2. The number of anilines is 1. The number of fused-ring (bicyclic) bond motifs is 1. The van der Waals surface area contributed by atoms with E-state index in [0.29, 0.717) is 31.7 Å². The van der Waals surface area contributed by atoms with E-state index in [2.05, 4.69) is 11.0 Å². The molecule has 0 radical (unpaired) electrons. The fraction of sp³-hybridized carbons (Fsp3) is 0.421. The number of piperazine rings is 1. The van der Waals surface area contributed by atoms with Gasteiger partial charge < -0.3 is 14.7 Å². The zero-order chi connectivity index (χ0) is 17.8. The van der Waals surface area contributed by atoms with E-state index in [1.807, 2.05) is 54.0 Å². The molecule has 1 saturated heterocycles. The van der Waals surface area contributed by atoms with Crippen LogP contribution in [0.2, 0.25) is 0 Å². The molecule has 2 aromatic rings. The van der Waals surface area contributed by atoms with Gasteiger partial charge in [0.2, 0.25) is 0 Å². The van der Waals surface area contributed by atoms with Crippen LogP contribution in [0.3, 0.4) is 0 Å². The highest BCUT2D eigenvalue weighted by Gasteiger charge is 2.25. The maximum atomic E-state index is 12.5. The van der Waals surface area contributed by atoms with Crippen molar-refractivity contribution in [2.24, 2.45) is 0 Å². The number of amides is 2. The quantitative estimate of drug-likeness (QED) is 0.864. The standard InChI is InChI=1S/C19H23N5O/c1-3-22(4-2)19(25)24-11-9-23(10-12-24)18-16(14-20)13-15-7-5-6-8-17(15)21-18/h5-8,13H,3-4,9-12H2,1-2H3. The van der Waals surface area contributed by atoms with Gasteiger partial charge in [0.05, 0.1) is 11.1 Å². The van der Waals surface area contributed by atoms with E-state index in [4.69, 9.17) is 4.98 Å². The van der Waals surface area contributed by atoms with Crippen molar-refractivity contribution in [1.82, 2.24) is 14.8 Å². The second kappa shape index (κ2) is 7.39. The van der Waals surface area contributed by atoms with Crippen molar-refractivity contribution in [3.63, 3.8) is 0 Å². The highest BCUT2D eigenvalue weighted by atomic mass is 16.2. The molecule has 2 amide bonds. The summed E-state index contributed by atoms with van der Waals surface area (Å²) in [6.07, 6.45) is 0. The van der Waals surface area contributed by atoms with E-state index in [-0.39, 0.29) is 6.03 Å². The van der Waals surface area contributed by atoms with E-state index in [0.717, 1.165) is 29.8 Å². The first kappa shape index (κ1) is 17.0. The monoisotopic (exact) mass is 337 g/mol. The van der Waals surface area contributed by atoms with Crippen LogP contribution in [-0.2, 0) is 0 Å². The third-order valence-electron chi connectivity index (χ3n) is 4.71. The Morgan fingerprint density at radius 2 is 1.88 bits per heavy atom.